The van der Waals surface area contributed by atoms with Crippen LogP contribution in [0, 0.1) is 0 Å². The first-order chi connectivity index (χ1) is 6.70. The molecule has 0 aromatic carbocycles. The molecule has 0 amide bonds. The molecule has 0 heterocycles. The normalized spacial score (nSPS) is 9.57. The predicted octanol–water partition coefficient (Wildman–Crippen LogP) is 2.34. The second-order valence-electron chi connectivity index (χ2n) is 2.50. The Morgan fingerprint density at radius 3 is 1.50 bits per heavy atom. The van der Waals surface area contributed by atoms with Gasteiger partial charge in [0.1, 0.15) is 0 Å². The van der Waals surface area contributed by atoms with Crippen molar-refractivity contribution < 1.29 is 19.4 Å². The smallest absolute Gasteiger partial charge is 0.247 e. The van der Waals surface area contributed by atoms with Crippen LogP contribution in [-0.4, -0.2) is 22.6 Å². The molecule has 0 aliphatic carbocycles. The average molecular weight is 332 g/mol. The lowest BCUT2D eigenvalue weighted by atomic mass is 10.3. The standard InChI is InChI=1S/C8H12Br2O4/c9-5-1-3-7(11)13-14-8(12)4-2-6-10/h1-6H2. The Bertz CT molecular complexity index is 164. The fourth-order valence-electron chi connectivity index (χ4n) is 0.599. The quantitative estimate of drug-likeness (QED) is 0.426. The van der Waals surface area contributed by atoms with Crippen LogP contribution < -0.4 is 0 Å². The van der Waals surface area contributed by atoms with Gasteiger partial charge in [0.25, 0.3) is 0 Å². The average Bonchev–Trinajstić information content (AvgIpc) is 2.20. The van der Waals surface area contributed by atoms with Crippen LogP contribution >= 0.6 is 31.9 Å². The van der Waals surface area contributed by atoms with E-state index >= 15 is 0 Å². The Morgan fingerprint density at radius 2 is 1.21 bits per heavy atom. The van der Waals surface area contributed by atoms with Gasteiger partial charge in [-0.05, 0) is 12.8 Å². The molecule has 0 saturated carbocycles. The molecule has 0 spiro atoms. The van der Waals surface area contributed by atoms with E-state index in [9.17, 15) is 9.59 Å². The van der Waals surface area contributed by atoms with E-state index in [0.717, 1.165) is 10.7 Å². The lowest BCUT2D eigenvalue weighted by molar-refractivity contribution is -0.259. The first kappa shape index (κ1) is 13.9. The van der Waals surface area contributed by atoms with E-state index in [1.807, 2.05) is 0 Å². The zero-order valence-corrected chi connectivity index (χ0v) is 10.8. The Balaban J connectivity index is 3.41. The van der Waals surface area contributed by atoms with Crippen molar-refractivity contribution >= 4 is 43.8 Å². The zero-order valence-electron chi connectivity index (χ0n) is 7.63. The Morgan fingerprint density at radius 1 is 0.857 bits per heavy atom. The molecule has 0 fully saturated rings. The number of halogens is 2. The lowest BCUT2D eigenvalue weighted by Gasteiger charge is -2.01. The Hall–Kier alpha value is -0.100. The molecule has 0 aliphatic heterocycles. The fourth-order valence-corrected chi connectivity index (χ4v) is 1.16. The second kappa shape index (κ2) is 9.45. The van der Waals surface area contributed by atoms with Crippen molar-refractivity contribution in [3.05, 3.63) is 0 Å². The van der Waals surface area contributed by atoms with Crippen molar-refractivity contribution in [2.45, 2.75) is 25.7 Å². The van der Waals surface area contributed by atoms with Gasteiger partial charge in [0.05, 0.1) is 12.8 Å². The van der Waals surface area contributed by atoms with Crippen LogP contribution in [-0.2, 0) is 19.4 Å². The molecule has 0 unspecified atom stereocenters. The molecule has 0 radical (unpaired) electrons. The van der Waals surface area contributed by atoms with Gasteiger partial charge in [-0.25, -0.2) is 19.4 Å². The summed E-state index contributed by atoms with van der Waals surface area (Å²) in [4.78, 5) is 30.3. The molecule has 0 bridgehead atoms. The lowest BCUT2D eigenvalue weighted by Crippen LogP contribution is -2.11. The number of alkyl halides is 2. The first-order valence-corrected chi connectivity index (χ1v) is 6.47. The maximum absolute atomic E-state index is 10.9. The van der Waals surface area contributed by atoms with E-state index in [0.29, 0.717) is 12.8 Å². The van der Waals surface area contributed by atoms with E-state index in [-0.39, 0.29) is 12.8 Å². The largest absolute Gasteiger partial charge is 0.355 e. The molecule has 14 heavy (non-hydrogen) atoms. The van der Waals surface area contributed by atoms with Crippen LogP contribution in [0.4, 0.5) is 0 Å². The summed E-state index contributed by atoms with van der Waals surface area (Å²) < 4.78 is 0. The molecule has 0 N–H and O–H groups in total. The Kier molecular flexibility index (Phi) is 9.39. The van der Waals surface area contributed by atoms with Crippen LogP contribution in [0.3, 0.4) is 0 Å². The summed E-state index contributed by atoms with van der Waals surface area (Å²) in [6, 6.07) is 0. The highest BCUT2D eigenvalue weighted by atomic mass is 79.9. The highest BCUT2D eigenvalue weighted by Gasteiger charge is 2.08. The summed E-state index contributed by atoms with van der Waals surface area (Å²) in [6.45, 7) is 0. The van der Waals surface area contributed by atoms with Gasteiger partial charge < -0.3 is 0 Å². The van der Waals surface area contributed by atoms with Gasteiger partial charge in [0.15, 0.2) is 0 Å². The van der Waals surface area contributed by atoms with Crippen LogP contribution in [0.1, 0.15) is 25.7 Å². The monoisotopic (exact) mass is 330 g/mol. The summed E-state index contributed by atoms with van der Waals surface area (Å²) in [5, 5.41) is 1.44. The van der Waals surface area contributed by atoms with E-state index in [4.69, 9.17) is 0 Å². The van der Waals surface area contributed by atoms with Gasteiger partial charge in [0.2, 0.25) is 0 Å². The van der Waals surface area contributed by atoms with Gasteiger partial charge in [-0.1, -0.05) is 31.9 Å². The molecular formula is C8H12Br2O4. The maximum Gasteiger partial charge on any atom is 0.355 e. The molecule has 0 rings (SSSR count). The minimum Gasteiger partial charge on any atom is -0.247 e. The van der Waals surface area contributed by atoms with E-state index in [2.05, 4.69) is 41.6 Å². The summed E-state index contributed by atoms with van der Waals surface area (Å²) in [5.41, 5.74) is 0. The van der Waals surface area contributed by atoms with Gasteiger partial charge >= 0.3 is 11.9 Å². The number of hydrogen-bond acceptors (Lipinski definition) is 4. The number of carbonyl (C=O) groups excluding carboxylic acids is 2. The number of carbonyl (C=O) groups is 2. The van der Waals surface area contributed by atoms with Crippen molar-refractivity contribution in [3.8, 4) is 0 Å². The minimum absolute atomic E-state index is 0.247. The van der Waals surface area contributed by atoms with Crippen LogP contribution in [0.2, 0.25) is 0 Å². The molecular weight excluding hydrogens is 320 g/mol. The zero-order chi connectivity index (χ0) is 10.8. The first-order valence-electron chi connectivity index (χ1n) is 4.22. The second-order valence-corrected chi connectivity index (χ2v) is 4.08. The third kappa shape index (κ3) is 8.50. The van der Waals surface area contributed by atoms with E-state index < -0.39 is 11.9 Å². The molecule has 0 atom stereocenters. The predicted molar refractivity (Wildman–Crippen MR) is 58.2 cm³/mol. The summed E-state index contributed by atoms with van der Waals surface area (Å²) in [6.07, 6.45) is 1.82. The molecule has 4 nitrogen and oxygen atoms in total. The minimum atomic E-state index is -0.517. The van der Waals surface area contributed by atoms with Gasteiger partial charge in [-0.15, -0.1) is 0 Å². The summed E-state index contributed by atoms with van der Waals surface area (Å²) in [7, 11) is 0. The fraction of sp³-hybridized carbons (Fsp3) is 0.750. The van der Waals surface area contributed by atoms with Crippen molar-refractivity contribution in [1.29, 1.82) is 0 Å². The molecule has 0 saturated heterocycles. The highest BCUT2D eigenvalue weighted by molar-refractivity contribution is 9.09. The van der Waals surface area contributed by atoms with Gasteiger partial charge in [-0.3, -0.25) is 0 Å². The maximum atomic E-state index is 10.9. The van der Waals surface area contributed by atoms with E-state index in [1.165, 1.54) is 0 Å². The SMILES string of the molecule is O=C(CCCBr)OOC(=O)CCCBr. The molecule has 0 aliphatic rings. The number of rotatable bonds is 6. The van der Waals surface area contributed by atoms with Crippen molar-refractivity contribution in [2.75, 3.05) is 10.7 Å². The highest BCUT2D eigenvalue weighted by Crippen LogP contribution is 2.00. The summed E-state index contributed by atoms with van der Waals surface area (Å²) >= 11 is 6.34. The van der Waals surface area contributed by atoms with Gasteiger partial charge in [0, 0.05) is 10.7 Å². The third-order valence-electron chi connectivity index (χ3n) is 1.26. The van der Waals surface area contributed by atoms with Crippen molar-refractivity contribution in [2.24, 2.45) is 0 Å². The van der Waals surface area contributed by atoms with Gasteiger partial charge in [-0.2, -0.15) is 0 Å². The third-order valence-corrected chi connectivity index (χ3v) is 2.38. The summed E-state index contributed by atoms with van der Waals surface area (Å²) in [5.74, 6) is -1.03. The molecule has 6 heteroatoms. The molecule has 0 aromatic heterocycles. The van der Waals surface area contributed by atoms with Crippen molar-refractivity contribution in [3.63, 3.8) is 0 Å². The molecule has 82 valence electrons. The number of hydrogen-bond donors (Lipinski definition) is 0. The van der Waals surface area contributed by atoms with Crippen LogP contribution in [0.25, 0.3) is 0 Å². The van der Waals surface area contributed by atoms with E-state index in [1.54, 1.807) is 0 Å². The topological polar surface area (TPSA) is 52.6 Å². The van der Waals surface area contributed by atoms with Crippen LogP contribution in [0.5, 0.6) is 0 Å². The Labute approximate surface area is 99.5 Å². The molecule has 0 aromatic rings. The van der Waals surface area contributed by atoms with Crippen molar-refractivity contribution in [1.82, 2.24) is 0 Å². The van der Waals surface area contributed by atoms with Crippen LogP contribution in [0.15, 0.2) is 0 Å².